The quantitative estimate of drug-likeness (QED) is 0.712. The Balaban J connectivity index is 2.48. The average Bonchev–Trinajstić information content (AvgIpc) is 2.83. The van der Waals surface area contributed by atoms with E-state index in [2.05, 4.69) is 0 Å². The maximum Gasteiger partial charge on any atom is 0.129 e. The third-order valence-corrected chi connectivity index (χ3v) is 3.26. The molecule has 0 radical (unpaired) electrons. The lowest BCUT2D eigenvalue weighted by Gasteiger charge is -2.14. The van der Waals surface area contributed by atoms with E-state index in [-0.39, 0.29) is 16.6 Å². The Hall–Kier alpha value is -2.83. The number of para-hydroxylation sites is 2. The highest BCUT2D eigenvalue weighted by molar-refractivity contribution is 6.06. The molecule has 21 heavy (non-hydrogen) atoms. The van der Waals surface area contributed by atoms with Gasteiger partial charge in [0, 0.05) is 11.1 Å². The lowest BCUT2D eigenvalue weighted by Crippen LogP contribution is -2.28. The Labute approximate surface area is 119 Å². The van der Waals surface area contributed by atoms with Crippen molar-refractivity contribution < 1.29 is 20.3 Å². The Morgan fingerprint density at radius 2 is 1.62 bits per heavy atom. The van der Waals surface area contributed by atoms with Gasteiger partial charge in [-0.2, -0.15) is 0 Å². The standard InChI is InChI=1S/C15H12N2O4/c18-15(19)14-13(17(20)21)11-8-4-5-9-12(11)16(14)10-6-2-1-3-7-10/h1-9,20-21H,(H,18,19)/p-1. The minimum absolute atomic E-state index is 0.188. The van der Waals surface area contributed by atoms with Gasteiger partial charge < -0.3 is 14.5 Å². The smallest absolute Gasteiger partial charge is 0.129 e. The van der Waals surface area contributed by atoms with E-state index in [1.54, 1.807) is 54.6 Å². The molecular formula is C15H11N2O4-. The number of carboxylic acid groups (broad SMARTS) is 1. The van der Waals surface area contributed by atoms with Gasteiger partial charge >= 0.3 is 0 Å². The number of hydrogen-bond donors (Lipinski definition) is 2. The minimum Gasteiger partial charge on any atom is -0.543 e. The normalized spacial score (nSPS) is 10.8. The summed E-state index contributed by atoms with van der Waals surface area (Å²) in [6, 6.07) is 15.5. The molecule has 0 saturated heterocycles. The predicted octanol–water partition coefficient (Wildman–Crippen LogP) is 1.58. The van der Waals surface area contributed by atoms with Crippen LogP contribution in [0.4, 0.5) is 5.69 Å². The molecule has 0 saturated carbocycles. The van der Waals surface area contributed by atoms with Gasteiger partial charge in [0.25, 0.3) is 0 Å². The molecule has 0 amide bonds. The van der Waals surface area contributed by atoms with Crippen LogP contribution in [0, 0.1) is 0 Å². The van der Waals surface area contributed by atoms with E-state index in [9.17, 15) is 20.3 Å². The van der Waals surface area contributed by atoms with Crippen LogP contribution in [0.1, 0.15) is 10.5 Å². The number of fused-ring (bicyclic) bond motifs is 1. The Kier molecular flexibility index (Phi) is 3.09. The van der Waals surface area contributed by atoms with Gasteiger partial charge in [-0.3, -0.25) is 10.4 Å². The average molecular weight is 283 g/mol. The topological polar surface area (TPSA) is 88.8 Å². The fourth-order valence-electron chi connectivity index (χ4n) is 2.46. The third-order valence-electron chi connectivity index (χ3n) is 3.26. The zero-order valence-electron chi connectivity index (χ0n) is 10.8. The Bertz CT molecular complexity index is 809. The SMILES string of the molecule is O=C([O-])c1c(N(O)O)c2ccccc2n1-c1ccccc1. The van der Waals surface area contributed by atoms with Gasteiger partial charge in [0.05, 0.1) is 17.2 Å². The van der Waals surface area contributed by atoms with E-state index in [1.807, 2.05) is 0 Å². The number of rotatable bonds is 3. The first-order valence-electron chi connectivity index (χ1n) is 6.19. The largest absolute Gasteiger partial charge is 0.543 e. The summed E-state index contributed by atoms with van der Waals surface area (Å²) in [6.45, 7) is 0. The molecule has 2 aromatic carbocycles. The summed E-state index contributed by atoms with van der Waals surface area (Å²) in [5, 5.41) is 30.5. The van der Waals surface area contributed by atoms with Gasteiger partial charge in [0.2, 0.25) is 0 Å². The molecule has 3 rings (SSSR count). The van der Waals surface area contributed by atoms with E-state index in [1.165, 1.54) is 4.57 Å². The first-order valence-corrected chi connectivity index (χ1v) is 6.19. The van der Waals surface area contributed by atoms with Gasteiger partial charge in [-0.15, -0.1) is 5.23 Å². The number of aromatic nitrogens is 1. The van der Waals surface area contributed by atoms with Crippen molar-refractivity contribution >= 4 is 22.6 Å². The number of benzene rings is 2. The second kappa shape index (κ2) is 4.93. The third kappa shape index (κ3) is 2.03. The number of carbonyl (C=O) groups is 1. The molecule has 6 heteroatoms. The maximum absolute atomic E-state index is 11.5. The van der Waals surface area contributed by atoms with Crippen LogP contribution in [0.25, 0.3) is 16.6 Å². The van der Waals surface area contributed by atoms with Crippen LogP contribution >= 0.6 is 0 Å². The van der Waals surface area contributed by atoms with Crippen molar-refractivity contribution in [2.45, 2.75) is 0 Å². The van der Waals surface area contributed by atoms with Crippen molar-refractivity contribution in [3.05, 3.63) is 60.3 Å². The monoisotopic (exact) mass is 283 g/mol. The van der Waals surface area contributed by atoms with Gasteiger partial charge in [-0.1, -0.05) is 36.4 Å². The fourth-order valence-corrected chi connectivity index (χ4v) is 2.46. The molecule has 1 aromatic heterocycles. The number of anilines is 1. The Morgan fingerprint density at radius 3 is 2.24 bits per heavy atom. The van der Waals surface area contributed by atoms with Gasteiger partial charge in [0.1, 0.15) is 5.69 Å². The van der Waals surface area contributed by atoms with Crippen LogP contribution in [0.3, 0.4) is 0 Å². The number of carboxylic acids is 1. The van der Waals surface area contributed by atoms with E-state index in [0.717, 1.165) is 0 Å². The number of nitrogens with zero attached hydrogens (tertiary/aromatic N) is 2. The predicted molar refractivity (Wildman–Crippen MR) is 73.7 cm³/mol. The molecule has 0 aliphatic carbocycles. The second-order valence-corrected chi connectivity index (χ2v) is 4.46. The molecule has 0 bridgehead atoms. The first-order chi connectivity index (χ1) is 10.1. The maximum atomic E-state index is 11.5. The summed E-state index contributed by atoms with van der Waals surface area (Å²) in [5.41, 5.74) is 0.564. The summed E-state index contributed by atoms with van der Waals surface area (Å²) < 4.78 is 1.42. The lowest BCUT2D eigenvalue weighted by molar-refractivity contribution is -0.255. The molecule has 2 N–H and O–H groups in total. The van der Waals surface area contributed by atoms with Gasteiger partial charge in [0.15, 0.2) is 0 Å². The molecule has 1 heterocycles. The minimum atomic E-state index is -1.50. The highest BCUT2D eigenvalue weighted by atomic mass is 16.8. The van der Waals surface area contributed by atoms with Gasteiger partial charge in [-0.05, 0) is 18.2 Å². The molecular weight excluding hydrogens is 272 g/mol. The molecule has 3 aromatic rings. The highest BCUT2D eigenvalue weighted by Gasteiger charge is 2.22. The fraction of sp³-hybridized carbons (Fsp3) is 0. The molecule has 0 unspecified atom stereocenters. The van der Waals surface area contributed by atoms with Crippen LogP contribution in [0.5, 0.6) is 0 Å². The molecule has 6 nitrogen and oxygen atoms in total. The van der Waals surface area contributed by atoms with Crippen molar-refractivity contribution in [2.75, 3.05) is 5.23 Å². The summed E-state index contributed by atoms with van der Waals surface area (Å²) >= 11 is 0. The van der Waals surface area contributed by atoms with Crippen LogP contribution < -0.4 is 10.3 Å². The van der Waals surface area contributed by atoms with Gasteiger partial charge in [-0.25, -0.2) is 0 Å². The number of carbonyl (C=O) groups excluding carboxylic acids is 1. The van der Waals surface area contributed by atoms with Crippen molar-refractivity contribution in [1.82, 2.24) is 4.57 Å². The second-order valence-electron chi connectivity index (χ2n) is 4.46. The molecule has 0 spiro atoms. The van der Waals surface area contributed by atoms with E-state index in [4.69, 9.17) is 0 Å². The van der Waals surface area contributed by atoms with E-state index >= 15 is 0 Å². The van der Waals surface area contributed by atoms with Crippen molar-refractivity contribution in [1.29, 1.82) is 0 Å². The summed E-state index contributed by atoms with van der Waals surface area (Å²) in [4.78, 5) is 11.5. The summed E-state index contributed by atoms with van der Waals surface area (Å²) in [6.07, 6.45) is 0. The zero-order valence-corrected chi connectivity index (χ0v) is 10.8. The Morgan fingerprint density at radius 1 is 1.00 bits per heavy atom. The number of hydrogen-bond acceptors (Lipinski definition) is 5. The summed E-state index contributed by atoms with van der Waals surface area (Å²) in [7, 11) is 0. The molecule has 0 atom stereocenters. The molecule has 0 aliphatic rings. The number of aromatic carboxylic acids is 1. The molecule has 0 aliphatic heterocycles. The summed E-state index contributed by atoms with van der Waals surface area (Å²) in [5.74, 6) is -1.50. The highest BCUT2D eigenvalue weighted by Crippen LogP contribution is 2.34. The molecule has 0 fully saturated rings. The van der Waals surface area contributed by atoms with E-state index in [0.29, 0.717) is 16.6 Å². The van der Waals surface area contributed by atoms with Crippen LogP contribution in [0.15, 0.2) is 54.6 Å². The first kappa shape index (κ1) is 13.2. The van der Waals surface area contributed by atoms with Crippen LogP contribution in [0.2, 0.25) is 0 Å². The van der Waals surface area contributed by atoms with Crippen LogP contribution in [-0.4, -0.2) is 21.0 Å². The van der Waals surface area contributed by atoms with E-state index < -0.39 is 5.97 Å². The lowest BCUT2D eigenvalue weighted by atomic mass is 10.2. The van der Waals surface area contributed by atoms with Crippen molar-refractivity contribution in [3.8, 4) is 5.69 Å². The molecule has 106 valence electrons. The van der Waals surface area contributed by atoms with Crippen molar-refractivity contribution in [2.24, 2.45) is 0 Å². The van der Waals surface area contributed by atoms with Crippen LogP contribution in [-0.2, 0) is 0 Å². The zero-order chi connectivity index (χ0) is 15.0. The van der Waals surface area contributed by atoms with Crippen molar-refractivity contribution in [3.63, 3.8) is 0 Å².